The van der Waals surface area contributed by atoms with Gasteiger partial charge in [0.25, 0.3) is 0 Å². The van der Waals surface area contributed by atoms with E-state index in [1.807, 2.05) is 19.9 Å². The summed E-state index contributed by atoms with van der Waals surface area (Å²) in [5, 5.41) is 6.53. The number of hydrogen-bond donors (Lipinski definition) is 1. The zero-order chi connectivity index (χ0) is 9.84. The van der Waals surface area contributed by atoms with E-state index in [0.717, 1.165) is 11.5 Å². The fourth-order valence-corrected chi connectivity index (χ4v) is 1.21. The molecule has 1 rings (SSSR count). The first-order chi connectivity index (χ1) is 6.08. The highest BCUT2D eigenvalue weighted by atomic mass is 16.5. The number of rotatable bonds is 3. The van der Waals surface area contributed by atoms with Crippen molar-refractivity contribution in [3.8, 4) is 0 Å². The third kappa shape index (κ3) is 3.27. The highest BCUT2D eigenvalue weighted by Gasteiger charge is 2.07. The third-order valence-electron chi connectivity index (χ3n) is 1.63. The van der Waals surface area contributed by atoms with E-state index in [1.165, 1.54) is 6.92 Å². The van der Waals surface area contributed by atoms with Crippen LogP contribution in [0.2, 0.25) is 0 Å². The van der Waals surface area contributed by atoms with Gasteiger partial charge in [-0.1, -0.05) is 5.16 Å². The van der Waals surface area contributed by atoms with Crippen LogP contribution < -0.4 is 5.32 Å². The minimum atomic E-state index is -0.0243. The van der Waals surface area contributed by atoms with E-state index < -0.39 is 0 Å². The number of nitrogens with one attached hydrogen (secondary N) is 1. The van der Waals surface area contributed by atoms with E-state index in [0.29, 0.717) is 6.42 Å². The zero-order valence-electron chi connectivity index (χ0n) is 8.13. The highest BCUT2D eigenvalue weighted by molar-refractivity contribution is 5.73. The molecule has 1 unspecified atom stereocenters. The van der Waals surface area contributed by atoms with Gasteiger partial charge in [0.1, 0.15) is 5.76 Å². The minimum Gasteiger partial charge on any atom is -0.361 e. The molecule has 0 spiro atoms. The van der Waals surface area contributed by atoms with Gasteiger partial charge in [-0.3, -0.25) is 4.79 Å². The van der Waals surface area contributed by atoms with Crippen LogP contribution in [0.5, 0.6) is 0 Å². The number of nitrogens with zero attached hydrogens (tertiary/aromatic N) is 1. The van der Waals surface area contributed by atoms with Crippen LogP contribution >= 0.6 is 0 Å². The van der Waals surface area contributed by atoms with E-state index in [1.54, 1.807) is 0 Å². The SMILES string of the molecule is CC(=O)NC(C)Cc1cc(C)no1. The van der Waals surface area contributed by atoms with Gasteiger partial charge < -0.3 is 9.84 Å². The van der Waals surface area contributed by atoms with Gasteiger partial charge >= 0.3 is 0 Å². The lowest BCUT2D eigenvalue weighted by molar-refractivity contribution is -0.119. The summed E-state index contributed by atoms with van der Waals surface area (Å²) in [6.45, 7) is 5.30. The van der Waals surface area contributed by atoms with E-state index in [-0.39, 0.29) is 11.9 Å². The van der Waals surface area contributed by atoms with Crippen molar-refractivity contribution < 1.29 is 9.32 Å². The van der Waals surface area contributed by atoms with Crippen molar-refractivity contribution in [2.75, 3.05) is 0 Å². The van der Waals surface area contributed by atoms with E-state index >= 15 is 0 Å². The summed E-state index contributed by atoms with van der Waals surface area (Å²) in [6.07, 6.45) is 0.681. The van der Waals surface area contributed by atoms with Crippen LogP contribution in [-0.4, -0.2) is 17.1 Å². The van der Waals surface area contributed by atoms with Crippen LogP contribution in [-0.2, 0) is 11.2 Å². The normalized spacial score (nSPS) is 12.5. The van der Waals surface area contributed by atoms with Crippen molar-refractivity contribution in [3.05, 3.63) is 17.5 Å². The summed E-state index contributed by atoms with van der Waals surface area (Å²) >= 11 is 0. The topological polar surface area (TPSA) is 55.1 Å². The molecule has 1 aromatic heterocycles. The Morgan fingerprint density at radius 3 is 2.92 bits per heavy atom. The molecule has 0 saturated carbocycles. The molecule has 0 aromatic carbocycles. The summed E-state index contributed by atoms with van der Waals surface area (Å²) in [4.78, 5) is 10.7. The second-order valence-electron chi connectivity index (χ2n) is 3.24. The first kappa shape index (κ1) is 9.77. The number of amides is 1. The van der Waals surface area contributed by atoms with Crippen molar-refractivity contribution in [2.45, 2.75) is 33.2 Å². The molecule has 13 heavy (non-hydrogen) atoms. The van der Waals surface area contributed by atoms with Crippen LogP contribution in [0.25, 0.3) is 0 Å². The van der Waals surface area contributed by atoms with Crippen molar-refractivity contribution in [1.29, 1.82) is 0 Å². The fraction of sp³-hybridized carbons (Fsp3) is 0.556. The Labute approximate surface area is 77.3 Å². The highest BCUT2D eigenvalue weighted by Crippen LogP contribution is 2.05. The van der Waals surface area contributed by atoms with E-state index in [2.05, 4.69) is 10.5 Å². The number of carbonyl (C=O) groups excluding carboxylic acids is 1. The van der Waals surface area contributed by atoms with Crippen LogP contribution in [0.3, 0.4) is 0 Å². The van der Waals surface area contributed by atoms with Crippen LogP contribution in [0.15, 0.2) is 10.6 Å². The molecular formula is C9H14N2O2. The Morgan fingerprint density at radius 2 is 2.46 bits per heavy atom. The lowest BCUT2D eigenvalue weighted by Crippen LogP contribution is -2.31. The average molecular weight is 182 g/mol. The Kier molecular flexibility index (Phi) is 3.06. The summed E-state index contributed by atoms with van der Waals surface area (Å²) in [5.41, 5.74) is 0.866. The number of aryl methyl sites for hydroxylation is 1. The van der Waals surface area contributed by atoms with Crippen LogP contribution in [0.1, 0.15) is 25.3 Å². The molecule has 0 bridgehead atoms. The van der Waals surface area contributed by atoms with Gasteiger partial charge in [0, 0.05) is 25.5 Å². The van der Waals surface area contributed by atoms with Crippen molar-refractivity contribution >= 4 is 5.91 Å². The maximum atomic E-state index is 10.7. The van der Waals surface area contributed by atoms with Gasteiger partial charge in [-0.2, -0.15) is 0 Å². The second kappa shape index (κ2) is 4.07. The average Bonchev–Trinajstić information content (AvgIpc) is 2.33. The first-order valence-corrected chi connectivity index (χ1v) is 4.27. The van der Waals surface area contributed by atoms with Gasteiger partial charge in [-0.15, -0.1) is 0 Å². The molecule has 0 aliphatic heterocycles. The Hall–Kier alpha value is -1.32. The number of aromatic nitrogens is 1. The van der Waals surface area contributed by atoms with Gasteiger partial charge in [0.2, 0.25) is 5.91 Å². The van der Waals surface area contributed by atoms with Crippen LogP contribution in [0, 0.1) is 6.92 Å². The van der Waals surface area contributed by atoms with Gasteiger partial charge in [0.15, 0.2) is 0 Å². The Balaban J connectivity index is 2.44. The molecule has 1 heterocycles. The second-order valence-corrected chi connectivity index (χ2v) is 3.24. The Bertz CT molecular complexity index is 294. The molecule has 4 heteroatoms. The molecule has 1 N–H and O–H groups in total. The molecule has 1 aromatic rings. The van der Waals surface area contributed by atoms with Gasteiger partial charge in [-0.05, 0) is 13.8 Å². The first-order valence-electron chi connectivity index (χ1n) is 4.27. The van der Waals surface area contributed by atoms with Gasteiger partial charge in [0.05, 0.1) is 5.69 Å². The largest absolute Gasteiger partial charge is 0.361 e. The maximum absolute atomic E-state index is 10.7. The van der Waals surface area contributed by atoms with Crippen molar-refractivity contribution in [3.63, 3.8) is 0 Å². The quantitative estimate of drug-likeness (QED) is 0.760. The standard InChI is InChI=1S/C9H14N2O2/c1-6(10-8(3)12)4-9-5-7(2)11-13-9/h5-6H,4H2,1-3H3,(H,10,12). The zero-order valence-corrected chi connectivity index (χ0v) is 8.13. The summed E-state index contributed by atoms with van der Waals surface area (Å²) in [7, 11) is 0. The third-order valence-corrected chi connectivity index (χ3v) is 1.63. The predicted octanol–water partition coefficient (Wildman–Crippen LogP) is 1.05. The lowest BCUT2D eigenvalue weighted by atomic mass is 10.2. The summed E-state index contributed by atoms with van der Waals surface area (Å²) in [6, 6.07) is 1.96. The van der Waals surface area contributed by atoms with E-state index in [4.69, 9.17) is 4.52 Å². The van der Waals surface area contributed by atoms with Crippen molar-refractivity contribution in [1.82, 2.24) is 10.5 Å². The monoisotopic (exact) mass is 182 g/mol. The van der Waals surface area contributed by atoms with Crippen molar-refractivity contribution in [2.24, 2.45) is 0 Å². The molecule has 0 fully saturated rings. The van der Waals surface area contributed by atoms with Gasteiger partial charge in [-0.25, -0.2) is 0 Å². The number of hydrogen-bond acceptors (Lipinski definition) is 3. The number of carbonyl (C=O) groups is 1. The maximum Gasteiger partial charge on any atom is 0.217 e. The summed E-state index contributed by atoms with van der Waals surface area (Å²) < 4.78 is 5.02. The Morgan fingerprint density at radius 1 is 1.77 bits per heavy atom. The molecule has 1 atom stereocenters. The molecule has 4 nitrogen and oxygen atoms in total. The molecule has 0 aliphatic carbocycles. The van der Waals surface area contributed by atoms with Crippen LogP contribution in [0.4, 0.5) is 0 Å². The molecule has 1 amide bonds. The lowest BCUT2D eigenvalue weighted by Gasteiger charge is -2.09. The predicted molar refractivity (Wildman–Crippen MR) is 48.2 cm³/mol. The minimum absolute atomic E-state index is 0.0243. The summed E-state index contributed by atoms with van der Waals surface area (Å²) in [5.74, 6) is 0.780. The van der Waals surface area contributed by atoms with E-state index in [9.17, 15) is 4.79 Å². The molecule has 72 valence electrons. The molecule has 0 saturated heterocycles. The fourth-order valence-electron chi connectivity index (χ4n) is 1.21. The smallest absolute Gasteiger partial charge is 0.217 e. The molecule has 0 radical (unpaired) electrons. The molecular weight excluding hydrogens is 168 g/mol. The molecule has 0 aliphatic rings.